The van der Waals surface area contributed by atoms with Crippen LogP contribution in [0.2, 0.25) is 0 Å². The van der Waals surface area contributed by atoms with Gasteiger partial charge in [0.05, 0.1) is 6.61 Å². The molecule has 0 bridgehead atoms. The molecule has 0 heterocycles. The van der Waals surface area contributed by atoms with Crippen molar-refractivity contribution in [1.29, 1.82) is 0 Å². The Morgan fingerprint density at radius 3 is 2.65 bits per heavy atom. The number of anilines is 1. The van der Waals surface area contributed by atoms with Gasteiger partial charge in [-0.1, -0.05) is 32.0 Å². The number of nitrogens with one attached hydrogen (secondary N) is 1. The molecule has 0 saturated carbocycles. The molecule has 4 heteroatoms. The van der Waals surface area contributed by atoms with Gasteiger partial charge in [0.15, 0.2) is 0 Å². The Morgan fingerprint density at radius 2 is 2.05 bits per heavy atom. The summed E-state index contributed by atoms with van der Waals surface area (Å²) in [6, 6.07) is 7.69. The van der Waals surface area contributed by atoms with Crippen LogP contribution in [0.25, 0.3) is 0 Å². The van der Waals surface area contributed by atoms with Gasteiger partial charge in [-0.2, -0.15) is 0 Å². The highest BCUT2D eigenvalue weighted by atomic mass is 16.5. The Morgan fingerprint density at radius 1 is 1.35 bits per heavy atom. The minimum Gasteiger partial charge on any atom is -0.380 e. The van der Waals surface area contributed by atoms with Crippen molar-refractivity contribution in [2.24, 2.45) is 17.6 Å². The number of nitrogens with two attached hydrogens (primary N) is 1. The highest BCUT2D eigenvalue weighted by Gasteiger charge is 2.15. The third-order valence-electron chi connectivity index (χ3n) is 3.20. The first-order chi connectivity index (χ1) is 9.56. The van der Waals surface area contributed by atoms with Crippen molar-refractivity contribution in [2.45, 2.75) is 33.3 Å². The molecule has 1 atom stereocenters. The number of para-hydroxylation sites is 1. The highest BCUT2D eigenvalue weighted by molar-refractivity contribution is 5.91. The zero-order valence-electron chi connectivity index (χ0n) is 12.7. The molecular weight excluding hydrogens is 252 g/mol. The van der Waals surface area contributed by atoms with E-state index in [1.807, 2.05) is 24.3 Å². The quantitative estimate of drug-likeness (QED) is 0.768. The van der Waals surface area contributed by atoms with E-state index in [1.54, 1.807) is 7.11 Å². The summed E-state index contributed by atoms with van der Waals surface area (Å²) >= 11 is 0. The topological polar surface area (TPSA) is 64.3 Å². The summed E-state index contributed by atoms with van der Waals surface area (Å²) in [7, 11) is 1.64. The second kappa shape index (κ2) is 8.72. The minimum absolute atomic E-state index is 0.0182. The van der Waals surface area contributed by atoms with Crippen LogP contribution in [0, 0.1) is 11.8 Å². The number of carbonyl (C=O) groups is 1. The molecule has 0 aliphatic heterocycles. The third-order valence-corrected chi connectivity index (χ3v) is 3.20. The Balaban J connectivity index is 2.61. The Hall–Kier alpha value is -1.39. The zero-order valence-corrected chi connectivity index (χ0v) is 12.7. The molecule has 0 aromatic heterocycles. The van der Waals surface area contributed by atoms with Gasteiger partial charge in [0.25, 0.3) is 0 Å². The fraction of sp³-hybridized carbons (Fsp3) is 0.562. The Bertz CT molecular complexity index is 419. The maximum Gasteiger partial charge on any atom is 0.224 e. The predicted molar refractivity (Wildman–Crippen MR) is 82.4 cm³/mol. The van der Waals surface area contributed by atoms with Crippen molar-refractivity contribution >= 4 is 11.6 Å². The number of benzene rings is 1. The number of ether oxygens (including phenoxy) is 1. The normalized spacial score (nSPS) is 12.4. The molecule has 1 rings (SSSR count). The molecule has 3 N–H and O–H groups in total. The van der Waals surface area contributed by atoms with E-state index in [-0.39, 0.29) is 11.8 Å². The van der Waals surface area contributed by atoms with E-state index >= 15 is 0 Å². The first-order valence-electron chi connectivity index (χ1n) is 7.13. The summed E-state index contributed by atoms with van der Waals surface area (Å²) in [6.45, 7) is 5.33. The fourth-order valence-electron chi connectivity index (χ4n) is 2.32. The van der Waals surface area contributed by atoms with Crippen LogP contribution in [0.15, 0.2) is 24.3 Å². The first kappa shape index (κ1) is 16.7. The summed E-state index contributed by atoms with van der Waals surface area (Å²) in [5, 5.41) is 2.96. The minimum atomic E-state index is 0.0182. The van der Waals surface area contributed by atoms with E-state index in [0.29, 0.717) is 25.5 Å². The standard InChI is InChI=1S/C16H26N2O2/c1-12(2)8-13(10-17)9-16(19)18-15-7-5-4-6-14(15)11-20-3/h4-7,12-13H,8-11,17H2,1-3H3,(H,18,19). The molecule has 1 amide bonds. The molecule has 0 fully saturated rings. The van der Waals surface area contributed by atoms with Crippen molar-refractivity contribution in [3.05, 3.63) is 29.8 Å². The summed E-state index contributed by atoms with van der Waals surface area (Å²) in [6.07, 6.45) is 1.44. The van der Waals surface area contributed by atoms with E-state index in [4.69, 9.17) is 10.5 Å². The van der Waals surface area contributed by atoms with Crippen LogP contribution in [-0.4, -0.2) is 19.6 Å². The number of carbonyl (C=O) groups excluding carboxylic acids is 1. The highest BCUT2D eigenvalue weighted by Crippen LogP contribution is 2.19. The van der Waals surface area contributed by atoms with E-state index in [2.05, 4.69) is 19.2 Å². The van der Waals surface area contributed by atoms with Crippen molar-refractivity contribution < 1.29 is 9.53 Å². The average molecular weight is 278 g/mol. The SMILES string of the molecule is COCc1ccccc1NC(=O)CC(CN)CC(C)C. The smallest absolute Gasteiger partial charge is 0.224 e. The summed E-state index contributed by atoms with van der Waals surface area (Å²) in [4.78, 5) is 12.1. The van der Waals surface area contributed by atoms with Crippen molar-refractivity contribution in [1.82, 2.24) is 0 Å². The van der Waals surface area contributed by atoms with E-state index in [9.17, 15) is 4.79 Å². The lowest BCUT2D eigenvalue weighted by atomic mass is 9.94. The summed E-state index contributed by atoms with van der Waals surface area (Å²) in [5.74, 6) is 0.811. The predicted octanol–water partition coefficient (Wildman–Crippen LogP) is 2.78. The molecule has 1 unspecified atom stereocenters. The zero-order chi connectivity index (χ0) is 15.0. The van der Waals surface area contributed by atoms with Crippen LogP contribution in [-0.2, 0) is 16.1 Å². The maximum absolute atomic E-state index is 12.1. The van der Waals surface area contributed by atoms with Crippen LogP contribution in [0.3, 0.4) is 0 Å². The monoisotopic (exact) mass is 278 g/mol. The van der Waals surface area contributed by atoms with Gasteiger partial charge in [-0.3, -0.25) is 4.79 Å². The van der Waals surface area contributed by atoms with Gasteiger partial charge in [-0.25, -0.2) is 0 Å². The first-order valence-corrected chi connectivity index (χ1v) is 7.13. The molecule has 0 saturated heterocycles. The van der Waals surface area contributed by atoms with Crippen LogP contribution in [0.5, 0.6) is 0 Å². The number of rotatable bonds is 8. The third kappa shape index (κ3) is 5.72. The molecule has 0 aliphatic rings. The molecule has 20 heavy (non-hydrogen) atoms. The van der Waals surface area contributed by atoms with Gasteiger partial charge in [-0.15, -0.1) is 0 Å². The van der Waals surface area contributed by atoms with Gasteiger partial charge >= 0.3 is 0 Å². The number of methoxy groups -OCH3 is 1. The number of amides is 1. The van der Waals surface area contributed by atoms with Crippen LogP contribution in [0.1, 0.15) is 32.3 Å². The van der Waals surface area contributed by atoms with Crippen LogP contribution < -0.4 is 11.1 Å². The Kier molecular flexibility index (Phi) is 7.26. The molecular formula is C16H26N2O2. The molecule has 0 radical (unpaired) electrons. The maximum atomic E-state index is 12.1. The van der Waals surface area contributed by atoms with Gasteiger partial charge in [-0.05, 0) is 30.9 Å². The Labute approximate surface area is 121 Å². The van der Waals surface area contributed by atoms with Crippen molar-refractivity contribution in [2.75, 3.05) is 19.0 Å². The van der Waals surface area contributed by atoms with E-state index in [0.717, 1.165) is 17.7 Å². The molecule has 1 aromatic rings. The summed E-state index contributed by atoms with van der Waals surface area (Å²) in [5.41, 5.74) is 7.54. The number of hydrogen-bond donors (Lipinski definition) is 2. The van der Waals surface area contributed by atoms with Crippen LogP contribution >= 0.6 is 0 Å². The largest absolute Gasteiger partial charge is 0.380 e. The van der Waals surface area contributed by atoms with Gasteiger partial charge in [0.1, 0.15) is 0 Å². The second-order valence-corrected chi connectivity index (χ2v) is 5.57. The van der Waals surface area contributed by atoms with Crippen molar-refractivity contribution in [3.63, 3.8) is 0 Å². The number of hydrogen-bond acceptors (Lipinski definition) is 3. The lowest BCUT2D eigenvalue weighted by Crippen LogP contribution is -2.23. The lowest BCUT2D eigenvalue weighted by molar-refractivity contribution is -0.117. The molecule has 4 nitrogen and oxygen atoms in total. The van der Waals surface area contributed by atoms with Gasteiger partial charge in [0.2, 0.25) is 5.91 Å². The molecule has 112 valence electrons. The second-order valence-electron chi connectivity index (χ2n) is 5.57. The lowest BCUT2D eigenvalue weighted by Gasteiger charge is -2.17. The average Bonchev–Trinajstić information content (AvgIpc) is 2.40. The fourth-order valence-corrected chi connectivity index (χ4v) is 2.32. The van der Waals surface area contributed by atoms with Gasteiger partial charge in [0, 0.05) is 24.8 Å². The molecule has 1 aromatic carbocycles. The van der Waals surface area contributed by atoms with Crippen LogP contribution in [0.4, 0.5) is 5.69 Å². The van der Waals surface area contributed by atoms with E-state index in [1.165, 1.54) is 0 Å². The van der Waals surface area contributed by atoms with Crippen molar-refractivity contribution in [3.8, 4) is 0 Å². The van der Waals surface area contributed by atoms with E-state index < -0.39 is 0 Å². The molecule has 0 aliphatic carbocycles. The molecule has 0 spiro atoms. The van der Waals surface area contributed by atoms with Gasteiger partial charge < -0.3 is 15.8 Å². The summed E-state index contributed by atoms with van der Waals surface area (Å²) < 4.78 is 5.13.